The molecule has 0 saturated heterocycles. The van der Waals surface area contributed by atoms with E-state index in [0.717, 1.165) is 47.0 Å². The minimum atomic E-state index is -0.674. The van der Waals surface area contributed by atoms with Gasteiger partial charge in [0.2, 0.25) is 0 Å². The van der Waals surface area contributed by atoms with E-state index in [4.69, 9.17) is 22.6 Å². The fourth-order valence-electron chi connectivity index (χ4n) is 2.49. The molecule has 0 spiro atoms. The molecule has 2 aliphatic rings. The van der Waals surface area contributed by atoms with Crippen molar-refractivity contribution in [2.24, 2.45) is 0 Å². The number of benzene rings is 1. The Labute approximate surface area is 211 Å². The summed E-state index contributed by atoms with van der Waals surface area (Å²) in [6, 6.07) is 3.68. The number of hydrogen-bond donors (Lipinski definition) is 1. The monoisotopic (exact) mass is 528 g/mol. The summed E-state index contributed by atoms with van der Waals surface area (Å²) in [5, 5.41) is 21.4. The summed E-state index contributed by atoms with van der Waals surface area (Å²) >= 11 is 4.22. The smallest absolute Gasteiger partial charge is 0.423 e. The molecule has 0 bridgehead atoms. The van der Waals surface area contributed by atoms with Crippen LogP contribution < -0.4 is 14.8 Å². The highest BCUT2D eigenvalue weighted by molar-refractivity contribution is 8.26. The maximum Gasteiger partial charge on any atom is 0.540 e. The maximum absolute atomic E-state index is 12.5. The molecule has 3 rings (SSSR count). The van der Waals surface area contributed by atoms with Crippen molar-refractivity contribution in [2.45, 2.75) is 19.6 Å². The van der Waals surface area contributed by atoms with Crippen LogP contribution in [0.5, 0.6) is 11.5 Å². The molecule has 0 aromatic heterocycles. The van der Waals surface area contributed by atoms with E-state index in [0.29, 0.717) is 28.1 Å². The number of amides is 1. The number of nitriles is 2. The molecule has 14 heteroatoms. The molecule has 0 fully saturated rings. The van der Waals surface area contributed by atoms with E-state index in [2.05, 4.69) is 15.0 Å². The topological polar surface area (TPSA) is 124 Å². The summed E-state index contributed by atoms with van der Waals surface area (Å²) in [5.74, 6) is -0.464. The first kappa shape index (κ1) is 25.4. The molecular weight excluding hydrogens is 517 g/mol. The Morgan fingerprint density at radius 3 is 1.82 bits per heavy atom. The number of allylic oxidation sites excluding steroid dienone is 1. The second-order valence-electron chi connectivity index (χ2n) is 6.37. The van der Waals surface area contributed by atoms with E-state index in [1.54, 1.807) is 7.05 Å². The molecule has 1 aromatic carbocycles. The summed E-state index contributed by atoms with van der Waals surface area (Å²) in [4.78, 5) is 34.2. The van der Waals surface area contributed by atoms with Crippen molar-refractivity contribution in [1.82, 2.24) is 10.2 Å². The Hall–Kier alpha value is -3.24. The second kappa shape index (κ2) is 10.8. The summed E-state index contributed by atoms with van der Waals surface area (Å²) in [6.07, 6.45) is -0.674. The van der Waals surface area contributed by atoms with Gasteiger partial charge in [0.1, 0.15) is 35.1 Å². The molecule has 1 amide bonds. The van der Waals surface area contributed by atoms with Crippen molar-refractivity contribution in [2.75, 3.05) is 27.7 Å². The van der Waals surface area contributed by atoms with Crippen LogP contribution in [0.15, 0.2) is 39.5 Å². The summed E-state index contributed by atoms with van der Waals surface area (Å²) in [5.41, 5.74) is -0.132. The molecule has 0 aliphatic carbocycles. The molecule has 2 heterocycles. The molecule has 0 saturated carbocycles. The molecule has 0 atom stereocenters. The van der Waals surface area contributed by atoms with Crippen LogP contribution in [-0.2, 0) is 4.79 Å². The number of thioether (sulfide) groups is 4. The van der Waals surface area contributed by atoms with Crippen molar-refractivity contribution in [3.05, 3.63) is 42.7 Å². The van der Waals surface area contributed by atoms with E-state index in [1.807, 2.05) is 12.1 Å². The van der Waals surface area contributed by atoms with Gasteiger partial charge in [0.25, 0.3) is 0 Å². The number of nitrogens with one attached hydrogen (secondary N) is 1. The van der Waals surface area contributed by atoms with Gasteiger partial charge in [0, 0.05) is 14.1 Å². The van der Waals surface area contributed by atoms with Crippen molar-refractivity contribution < 1.29 is 19.1 Å². The number of carbonyl (C=O) groups is 2. The van der Waals surface area contributed by atoms with E-state index in [1.165, 1.54) is 19.0 Å². The molecular formula is C20H12N6O4S4. The van der Waals surface area contributed by atoms with Crippen molar-refractivity contribution in [3.8, 4) is 23.6 Å². The molecule has 0 unspecified atom stereocenters. The highest BCUT2D eigenvalue weighted by Crippen LogP contribution is 2.68. The fourth-order valence-corrected chi connectivity index (χ4v) is 7.63. The van der Waals surface area contributed by atoms with Crippen LogP contribution in [0.1, 0.15) is 0 Å². The summed E-state index contributed by atoms with van der Waals surface area (Å²) in [7, 11) is 4.61. The minimum absolute atomic E-state index is 0.0844. The quantitative estimate of drug-likeness (QED) is 0.257. The van der Waals surface area contributed by atoms with E-state index >= 15 is 0 Å². The Morgan fingerprint density at radius 1 is 0.941 bits per heavy atom. The first-order valence-electron chi connectivity index (χ1n) is 9.02. The van der Waals surface area contributed by atoms with Crippen molar-refractivity contribution in [1.29, 1.82) is 10.5 Å². The molecule has 0 radical (unpaired) electrons. The average molecular weight is 529 g/mol. The third-order valence-corrected chi connectivity index (χ3v) is 9.08. The number of ether oxygens (including phenoxy) is 2. The van der Waals surface area contributed by atoms with Gasteiger partial charge < -0.3 is 19.7 Å². The Morgan fingerprint density at radius 2 is 1.41 bits per heavy atom. The predicted molar refractivity (Wildman–Crippen MR) is 128 cm³/mol. The van der Waals surface area contributed by atoms with Gasteiger partial charge in [-0.05, 0) is 7.05 Å². The van der Waals surface area contributed by atoms with Gasteiger partial charge in [0.15, 0.2) is 11.5 Å². The number of fused-ring (bicyclic) bond motifs is 2. The third kappa shape index (κ3) is 4.83. The lowest BCUT2D eigenvalue weighted by Crippen LogP contribution is -2.26. The molecule has 2 aliphatic heterocycles. The average Bonchev–Trinajstić information content (AvgIpc) is 3.43. The van der Waals surface area contributed by atoms with Gasteiger partial charge in [-0.25, -0.2) is 4.79 Å². The molecule has 170 valence electrons. The lowest BCUT2D eigenvalue weighted by molar-refractivity contribution is -0.133. The van der Waals surface area contributed by atoms with Gasteiger partial charge >= 0.3 is 17.9 Å². The summed E-state index contributed by atoms with van der Waals surface area (Å²) in [6.45, 7) is 14.5. The standard InChI is InChI=1S/C20H12N6O4S4/c1-23-8-10(27)29-11-13-15(32-18(31-13)9(6-21)7-22)12(30-20(28)26(4)5)16-14(11)33-19(34-16)17(24-2)25-3/h23H,8H2,1,4-5H3. The Bertz CT molecular complexity index is 1230. The van der Waals surface area contributed by atoms with Crippen LogP contribution in [0.4, 0.5) is 4.79 Å². The van der Waals surface area contributed by atoms with Crippen LogP contribution in [-0.4, -0.2) is 44.7 Å². The van der Waals surface area contributed by atoms with Crippen molar-refractivity contribution in [3.63, 3.8) is 0 Å². The minimum Gasteiger partial charge on any atom is -0.423 e. The van der Waals surface area contributed by atoms with Gasteiger partial charge in [-0.15, -0.1) is 0 Å². The van der Waals surface area contributed by atoms with Gasteiger partial charge in [-0.2, -0.15) is 20.2 Å². The number of rotatable bonds is 4. The lowest BCUT2D eigenvalue weighted by Gasteiger charge is -2.18. The highest BCUT2D eigenvalue weighted by atomic mass is 32.2. The fraction of sp³-hybridized carbons (Fsp3) is 0.200. The highest BCUT2D eigenvalue weighted by Gasteiger charge is 2.41. The normalized spacial score (nSPS) is 12.9. The van der Waals surface area contributed by atoms with Crippen LogP contribution in [0.3, 0.4) is 0 Å². The number of nitrogens with zero attached hydrogens (tertiary/aromatic N) is 5. The van der Waals surface area contributed by atoms with E-state index < -0.39 is 12.1 Å². The number of carbonyl (C=O) groups excluding carboxylic acids is 2. The van der Waals surface area contributed by atoms with Crippen molar-refractivity contribution >= 4 is 59.1 Å². The molecule has 34 heavy (non-hydrogen) atoms. The van der Waals surface area contributed by atoms with Crippen LogP contribution in [0, 0.1) is 35.8 Å². The first-order chi connectivity index (χ1) is 16.3. The van der Waals surface area contributed by atoms with Crippen LogP contribution >= 0.6 is 47.0 Å². The van der Waals surface area contributed by atoms with Crippen LogP contribution in [0.2, 0.25) is 0 Å². The number of hydrogen-bond acceptors (Lipinski definition) is 11. The number of esters is 1. The SMILES string of the molecule is [C-]#[N+]C([N+]#[C-])=C1Sc2c(OC(=O)CNC)c3c(c(OC(=O)N(C)C)c2S1)SC(=C(C#N)C#N)S3. The molecule has 1 N–H and O–H groups in total. The molecule has 1 aromatic rings. The largest absolute Gasteiger partial charge is 0.540 e. The van der Waals surface area contributed by atoms with E-state index in [-0.39, 0.29) is 29.4 Å². The zero-order valence-electron chi connectivity index (χ0n) is 17.7. The van der Waals surface area contributed by atoms with Crippen LogP contribution in [0.25, 0.3) is 9.69 Å². The first-order valence-corrected chi connectivity index (χ1v) is 12.3. The summed E-state index contributed by atoms with van der Waals surface area (Å²) < 4.78 is 12.0. The van der Waals surface area contributed by atoms with Gasteiger partial charge in [0.05, 0.1) is 30.4 Å². The maximum atomic E-state index is 12.5. The Balaban J connectivity index is 2.31. The Kier molecular flexibility index (Phi) is 8.06. The zero-order valence-corrected chi connectivity index (χ0v) is 21.0. The second-order valence-corrected chi connectivity index (χ2v) is 11.0. The number of likely N-dealkylation sites (N-methyl/N-ethyl adjacent to an activating group) is 1. The molecule has 10 nitrogen and oxygen atoms in total. The van der Waals surface area contributed by atoms with Gasteiger partial charge in [-0.3, -0.25) is 4.79 Å². The predicted octanol–water partition coefficient (Wildman–Crippen LogP) is 4.49. The third-order valence-electron chi connectivity index (χ3n) is 3.93. The van der Waals surface area contributed by atoms with E-state index in [9.17, 15) is 20.1 Å². The zero-order chi connectivity index (χ0) is 25.0. The lowest BCUT2D eigenvalue weighted by atomic mass is 10.3. The van der Waals surface area contributed by atoms with Gasteiger partial charge in [-0.1, -0.05) is 47.0 Å².